The lowest BCUT2D eigenvalue weighted by molar-refractivity contribution is -0.386. The van der Waals surface area contributed by atoms with Crippen molar-refractivity contribution < 1.29 is 33.9 Å². The predicted octanol–water partition coefficient (Wildman–Crippen LogP) is 1.99. The highest BCUT2D eigenvalue weighted by molar-refractivity contribution is 6.06. The number of nitrogens with zero attached hydrogens (tertiary/aromatic N) is 3. The van der Waals surface area contributed by atoms with E-state index in [0.29, 0.717) is 0 Å². The number of allylic oxidation sites excluding steroid dienone is 2. The lowest BCUT2D eigenvalue weighted by Crippen LogP contribution is -2.28. The first kappa shape index (κ1) is 21.5. The molecule has 11 nitrogen and oxygen atoms in total. The smallest absolute Gasteiger partial charge is 0.344 e. The number of nitro groups is 1. The largest absolute Gasteiger partial charge is 0.490 e. The Bertz CT molecular complexity index is 1040. The van der Waals surface area contributed by atoms with Crippen LogP contribution >= 0.6 is 0 Å². The van der Waals surface area contributed by atoms with Crippen LogP contribution in [0.5, 0.6) is 11.5 Å². The molecule has 2 fully saturated rings. The molecule has 1 N–H and O–H groups in total. The molecule has 1 heterocycles. The number of carbonyl (C=O) groups excluding carboxylic acids is 2. The first-order chi connectivity index (χ1) is 15.2. The second kappa shape index (κ2) is 8.06. The molecular weight excluding hydrogens is 422 g/mol. The van der Waals surface area contributed by atoms with Gasteiger partial charge in [0.15, 0.2) is 11.9 Å². The molecule has 11 heteroatoms. The van der Waals surface area contributed by atoms with E-state index in [2.05, 4.69) is 5.10 Å². The first-order valence-corrected chi connectivity index (χ1v) is 10.2. The van der Waals surface area contributed by atoms with E-state index in [4.69, 9.17) is 14.6 Å². The lowest BCUT2D eigenvalue weighted by atomic mass is 9.85. The molecule has 0 aromatic heterocycles. The molecule has 0 spiro atoms. The third-order valence-electron chi connectivity index (χ3n) is 5.97. The van der Waals surface area contributed by atoms with Gasteiger partial charge < -0.3 is 14.6 Å². The minimum absolute atomic E-state index is 0.0416. The zero-order valence-corrected chi connectivity index (χ0v) is 17.3. The van der Waals surface area contributed by atoms with Crippen molar-refractivity contribution in [2.45, 2.75) is 26.4 Å². The number of nitro benzene ring substituents is 1. The molecule has 1 aliphatic heterocycles. The van der Waals surface area contributed by atoms with Gasteiger partial charge in [-0.25, -0.2) is 4.79 Å². The monoisotopic (exact) mass is 443 g/mol. The zero-order chi connectivity index (χ0) is 23.2. The molecule has 1 aromatic carbocycles. The standard InChI is InChI=1S/C21H21N3O8/c1-3-31-15-7-11(6-14(24(29)30)18(15)32-10(2)21(27)28)9-22-23-19(25)16-12-4-5-13(8-12)17(16)20(23)26/h4-7,9-10,12-13,16-17H,3,8H2,1-2H3,(H,27,28)/t10-,12+,13+,16-,17+/m1/s1. The van der Waals surface area contributed by atoms with Gasteiger partial charge in [-0.2, -0.15) is 10.1 Å². The van der Waals surface area contributed by atoms with Crippen molar-refractivity contribution in [2.24, 2.45) is 28.8 Å². The second-order valence-electron chi connectivity index (χ2n) is 7.89. The predicted molar refractivity (Wildman–Crippen MR) is 109 cm³/mol. The van der Waals surface area contributed by atoms with Crippen LogP contribution in [0, 0.1) is 33.8 Å². The summed E-state index contributed by atoms with van der Waals surface area (Å²) < 4.78 is 10.7. The minimum atomic E-state index is -1.35. The van der Waals surface area contributed by atoms with Crippen molar-refractivity contribution in [3.05, 3.63) is 40.0 Å². The molecule has 2 bridgehead atoms. The van der Waals surface area contributed by atoms with Crippen LogP contribution in [0.2, 0.25) is 0 Å². The van der Waals surface area contributed by atoms with Gasteiger partial charge in [-0.1, -0.05) is 12.2 Å². The van der Waals surface area contributed by atoms with E-state index in [1.54, 1.807) is 6.92 Å². The zero-order valence-electron chi connectivity index (χ0n) is 17.3. The number of benzene rings is 1. The van der Waals surface area contributed by atoms with Gasteiger partial charge in [0, 0.05) is 11.6 Å². The Kier molecular flexibility index (Phi) is 5.41. The topological polar surface area (TPSA) is 149 Å². The molecule has 0 radical (unpaired) electrons. The molecule has 0 unspecified atom stereocenters. The summed E-state index contributed by atoms with van der Waals surface area (Å²) in [5.74, 6) is -3.14. The summed E-state index contributed by atoms with van der Waals surface area (Å²) in [5, 5.41) is 25.6. The molecule has 1 saturated heterocycles. The number of amides is 2. The highest BCUT2D eigenvalue weighted by Crippen LogP contribution is 2.52. The summed E-state index contributed by atoms with van der Waals surface area (Å²) >= 11 is 0. The molecular formula is C21H21N3O8. The van der Waals surface area contributed by atoms with E-state index < -0.39 is 34.5 Å². The molecule has 4 rings (SSSR count). The summed E-state index contributed by atoms with van der Waals surface area (Å²) in [6, 6.07) is 2.49. The van der Waals surface area contributed by atoms with Crippen LogP contribution in [0.3, 0.4) is 0 Å². The van der Waals surface area contributed by atoms with Gasteiger partial charge in [0.05, 0.1) is 29.6 Å². The molecule has 32 heavy (non-hydrogen) atoms. The number of imide groups is 1. The normalized spacial score (nSPS) is 26.6. The van der Waals surface area contributed by atoms with Gasteiger partial charge in [-0.3, -0.25) is 19.7 Å². The van der Waals surface area contributed by atoms with Crippen LogP contribution < -0.4 is 9.47 Å². The summed E-state index contributed by atoms with van der Waals surface area (Å²) in [4.78, 5) is 47.5. The van der Waals surface area contributed by atoms with Crippen LogP contribution in [-0.4, -0.2) is 51.7 Å². The van der Waals surface area contributed by atoms with Crippen molar-refractivity contribution in [1.29, 1.82) is 0 Å². The molecule has 2 aliphatic carbocycles. The highest BCUT2D eigenvalue weighted by Gasteiger charge is 2.59. The van der Waals surface area contributed by atoms with Crippen molar-refractivity contribution in [2.75, 3.05) is 6.61 Å². The van der Waals surface area contributed by atoms with Gasteiger partial charge in [0.2, 0.25) is 5.75 Å². The fraction of sp³-hybridized carbons (Fsp3) is 0.429. The van der Waals surface area contributed by atoms with Gasteiger partial charge in [-0.05, 0) is 38.2 Å². The summed E-state index contributed by atoms with van der Waals surface area (Å²) in [6.07, 6.45) is 4.56. The molecule has 5 atom stereocenters. The minimum Gasteiger partial charge on any atom is -0.490 e. The lowest BCUT2D eigenvalue weighted by Gasteiger charge is -2.15. The van der Waals surface area contributed by atoms with E-state index in [1.807, 2.05) is 12.2 Å². The van der Waals surface area contributed by atoms with Crippen molar-refractivity contribution >= 4 is 29.7 Å². The SMILES string of the molecule is CCOc1cc(C=NN2C(=O)[C@@H]3[C@H](C2=O)[C@H]2C=C[C@H]3C2)cc([N+](=O)[O-])c1O[C@H](C)C(=O)O. The number of hydrazone groups is 1. The van der Waals surface area contributed by atoms with Gasteiger partial charge in [0.25, 0.3) is 11.8 Å². The number of ether oxygens (including phenoxy) is 2. The third-order valence-corrected chi connectivity index (χ3v) is 5.97. The Hall–Kier alpha value is -3.76. The molecule has 1 saturated carbocycles. The Labute approximate surface area is 182 Å². The average molecular weight is 443 g/mol. The number of hydrogen-bond donors (Lipinski definition) is 1. The van der Waals surface area contributed by atoms with E-state index in [0.717, 1.165) is 17.5 Å². The van der Waals surface area contributed by atoms with Crippen LogP contribution in [0.15, 0.2) is 29.4 Å². The number of rotatable bonds is 8. The Morgan fingerprint density at radius 3 is 2.47 bits per heavy atom. The highest BCUT2D eigenvalue weighted by atomic mass is 16.6. The average Bonchev–Trinajstić information content (AvgIpc) is 3.42. The Morgan fingerprint density at radius 2 is 1.94 bits per heavy atom. The van der Waals surface area contributed by atoms with Crippen molar-refractivity contribution in [1.82, 2.24) is 5.01 Å². The van der Waals surface area contributed by atoms with E-state index in [-0.39, 0.29) is 47.3 Å². The Balaban J connectivity index is 1.64. The summed E-state index contributed by atoms with van der Waals surface area (Å²) in [6.45, 7) is 3.03. The maximum Gasteiger partial charge on any atom is 0.344 e. The van der Waals surface area contributed by atoms with E-state index >= 15 is 0 Å². The van der Waals surface area contributed by atoms with Crippen LogP contribution in [0.25, 0.3) is 0 Å². The maximum atomic E-state index is 12.7. The van der Waals surface area contributed by atoms with Crippen LogP contribution in [0.4, 0.5) is 5.69 Å². The number of carboxylic acid groups (broad SMARTS) is 1. The maximum absolute atomic E-state index is 12.7. The molecule has 3 aliphatic rings. The Morgan fingerprint density at radius 1 is 1.31 bits per heavy atom. The first-order valence-electron chi connectivity index (χ1n) is 10.2. The number of hydrogen-bond acceptors (Lipinski definition) is 8. The van der Waals surface area contributed by atoms with E-state index in [1.165, 1.54) is 19.2 Å². The van der Waals surface area contributed by atoms with Crippen molar-refractivity contribution in [3.63, 3.8) is 0 Å². The molecule has 1 aromatic rings. The number of aliphatic carboxylic acids is 1. The number of carboxylic acids is 1. The molecule has 168 valence electrons. The number of fused-ring (bicyclic) bond motifs is 5. The second-order valence-corrected chi connectivity index (χ2v) is 7.89. The van der Waals surface area contributed by atoms with Crippen molar-refractivity contribution in [3.8, 4) is 11.5 Å². The quantitative estimate of drug-likeness (QED) is 0.211. The number of carbonyl (C=O) groups is 3. The summed E-state index contributed by atoms with van der Waals surface area (Å²) in [5.41, 5.74) is -0.335. The fourth-order valence-corrected chi connectivity index (χ4v) is 4.55. The van der Waals surface area contributed by atoms with Gasteiger partial charge in [-0.15, -0.1) is 0 Å². The summed E-state index contributed by atoms with van der Waals surface area (Å²) in [7, 11) is 0. The van der Waals surface area contributed by atoms with Crippen LogP contribution in [-0.2, 0) is 14.4 Å². The van der Waals surface area contributed by atoms with E-state index in [9.17, 15) is 24.5 Å². The molecule has 2 amide bonds. The fourth-order valence-electron chi connectivity index (χ4n) is 4.55. The van der Waals surface area contributed by atoms with Gasteiger partial charge in [0.1, 0.15) is 0 Å². The van der Waals surface area contributed by atoms with Crippen LogP contribution in [0.1, 0.15) is 25.8 Å². The third kappa shape index (κ3) is 3.49. The van der Waals surface area contributed by atoms with Gasteiger partial charge >= 0.3 is 11.7 Å².